The van der Waals surface area contributed by atoms with Crippen LogP contribution in [0, 0.1) is 11.3 Å². The highest BCUT2D eigenvalue weighted by Gasteiger charge is 2.45. The van der Waals surface area contributed by atoms with E-state index >= 15 is 0 Å². The SMILES string of the molecule is CN(C)C=Nc1ccn([C@@H]2O[C@H](CO)C(O)C2OCCC#N)c(=O)n1. The molecule has 1 saturated heterocycles. The number of rotatable bonds is 7. The summed E-state index contributed by atoms with van der Waals surface area (Å²) in [4.78, 5) is 21.9. The molecule has 136 valence electrons. The van der Waals surface area contributed by atoms with Crippen molar-refractivity contribution in [2.24, 2.45) is 4.99 Å². The number of nitriles is 1. The molecule has 2 N–H and O–H groups in total. The zero-order valence-corrected chi connectivity index (χ0v) is 14.0. The van der Waals surface area contributed by atoms with E-state index in [2.05, 4.69) is 9.98 Å². The Morgan fingerprint density at radius 3 is 2.96 bits per heavy atom. The van der Waals surface area contributed by atoms with Crippen LogP contribution in [0.1, 0.15) is 12.6 Å². The van der Waals surface area contributed by atoms with Crippen LogP contribution < -0.4 is 5.69 Å². The number of aliphatic imine (C=N–C) groups is 1. The van der Waals surface area contributed by atoms with Gasteiger partial charge in [0.1, 0.15) is 18.3 Å². The molecular weight excluding hydrogens is 330 g/mol. The van der Waals surface area contributed by atoms with Crippen LogP contribution in [-0.2, 0) is 9.47 Å². The number of ether oxygens (including phenoxy) is 2. The van der Waals surface area contributed by atoms with Crippen LogP contribution in [0.4, 0.5) is 5.82 Å². The molecule has 10 nitrogen and oxygen atoms in total. The Bertz CT molecular complexity index is 698. The van der Waals surface area contributed by atoms with E-state index in [1.807, 2.05) is 6.07 Å². The van der Waals surface area contributed by atoms with E-state index in [9.17, 15) is 15.0 Å². The summed E-state index contributed by atoms with van der Waals surface area (Å²) in [5.74, 6) is 0.231. The van der Waals surface area contributed by atoms with Crippen LogP contribution in [0.3, 0.4) is 0 Å². The zero-order valence-electron chi connectivity index (χ0n) is 14.0. The fraction of sp³-hybridized carbons (Fsp3) is 0.600. The van der Waals surface area contributed by atoms with Gasteiger partial charge in [-0.05, 0) is 6.07 Å². The third-order valence-electron chi connectivity index (χ3n) is 3.53. The van der Waals surface area contributed by atoms with Gasteiger partial charge >= 0.3 is 5.69 Å². The molecule has 1 fully saturated rings. The highest BCUT2D eigenvalue weighted by atomic mass is 16.6. The molecule has 25 heavy (non-hydrogen) atoms. The molecule has 2 rings (SSSR count). The predicted octanol–water partition coefficient (Wildman–Crippen LogP) is -0.986. The van der Waals surface area contributed by atoms with Gasteiger partial charge < -0.3 is 24.6 Å². The fourth-order valence-electron chi connectivity index (χ4n) is 2.36. The molecule has 0 amide bonds. The topological polar surface area (TPSA) is 133 Å². The second kappa shape index (κ2) is 8.68. The zero-order chi connectivity index (χ0) is 18.4. The van der Waals surface area contributed by atoms with Crippen LogP contribution in [0.2, 0.25) is 0 Å². The second-order valence-electron chi connectivity index (χ2n) is 5.67. The molecule has 4 atom stereocenters. The summed E-state index contributed by atoms with van der Waals surface area (Å²) < 4.78 is 12.2. The van der Waals surface area contributed by atoms with Crippen molar-refractivity contribution in [1.82, 2.24) is 14.5 Å². The number of aromatic nitrogens is 2. The van der Waals surface area contributed by atoms with E-state index in [0.29, 0.717) is 0 Å². The molecule has 1 aliphatic rings. The van der Waals surface area contributed by atoms with Gasteiger partial charge in [-0.2, -0.15) is 10.2 Å². The minimum absolute atomic E-state index is 0.0730. The molecule has 1 aromatic heterocycles. The van der Waals surface area contributed by atoms with Gasteiger partial charge in [-0.3, -0.25) is 4.57 Å². The summed E-state index contributed by atoms with van der Waals surface area (Å²) >= 11 is 0. The van der Waals surface area contributed by atoms with Gasteiger partial charge in [-0.25, -0.2) is 9.79 Å². The van der Waals surface area contributed by atoms with Crippen molar-refractivity contribution < 1.29 is 19.7 Å². The van der Waals surface area contributed by atoms with E-state index in [-0.39, 0.29) is 18.8 Å². The minimum Gasteiger partial charge on any atom is -0.394 e. The van der Waals surface area contributed by atoms with Crippen LogP contribution in [0.5, 0.6) is 0 Å². The number of aliphatic hydroxyl groups is 2. The van der Waals surface area contributed by atoms with Crippen LogP contribution >= 0.6 is 0 Å². The van der Waals surface area contributed by atoms with Crippen molar-refractivity contribution in [3.8, 4) is 6.07 Å². The Morgan fingerprint density at radius 1 is 1.60 bits per heavy atom. The summed E-state index contributed by atoms with van der Waals surface area (Å²) in [6, 6.07) is 3.45. The van der Waals surface area contributed by atoms with Crippen molar-refractivity contribution >= 4 is 12.2 Å². The molecule has 10 heteroatoms. The van der Waals surface area contributed by atoms with Gasteiger partial charge in [0.15, 0.2) is 12.0 Å². The average molecular weight is 351 g/mol. The quantitative estimate of drug-likeness (QED) is 0.363. The summed E-state index contributed by atoms with van der Waals surface area (Å²) in [5.41, 5.74) is -0.627. The maximum absolute atomic E-state index is 12.3. The lowest BCUT2D eigenvalue weighted by atomic mass is 10.1. The fourth-order valence-corrected chi connectivity index (χ4v) is 2.36. The third kappa shape index (κ3) is 4.61. The van der Waals surface area contributed by atoms with Gasteiger partial charge in [0, 0.05) is 20.3 Å². The lowest BCUT2D eigenvalue weighted by Gasteiger charge is -2.21. The highest BCUT2D eigenvalue weighted by molar-refractivity contribution is 5.58. The predicted molar refractivity (Wildman–Crippen MR) is 87.3 cm³/mol. The molecule has 0 saturated carbocycles. The number of aliphatic hydroxyl groups excluding tert-OH is 2. The minimum atomic E-state index is -1.13. The molecule has 0 spiro atoms. The van der Waals surface area contributed by atoms with E-state index in [1.165, 1.54) is 23.2 Å². The van der Waals surface area contributed by atoms with E-state index < -0.39 is 36.8 Å². The smallest absolute Gasteiger partial charge is 0.351 e. The Morgan fingerprint density at radius 2 is 2.36 bits per heavy atom. The van der Waals surface area contributed by atoms with Gasteiger partial charge in [-0.15, -0.1) is 0 Å². The normalized spacial score (nSPS) is 26.0. The van der Waals surface area contributed by atoms with Crippen molar-refractivity contribution in [2.75, 3.05) is 27.3 Å². The standard InChI is InChI=1S/C15H21N5O5/c1-19(2)9-17-11-4-6-20(15(23)18-11)14-13(24-7-3-5-16)12(22)10(8-21)25-14/h4,6,9-10,12-14,21-22H,3,7-8H2,1-2H3/t10-,12?,13?,14-/m1/s1. The molecule has 1 aromatic rings. The van der Waals surface area contributed by atoms with E-state index in [0.717, 1.165) is 0 Å². The maximum atomic E-state index is 12.3. The van der Waals surface area contributed by atoms with Gasteiger partial charge in [-0.1, -0.05) is 0 Å². The first-order chi connectivity index (χ1) is 12.0. The summed E-state index contributed by atoms with van der Waals surface area (Å²) in [6.45, 7) is -0.354. The van der Waals surface area contributed by atoms with Crippen LogP contribution in [0.25, 0.3) is 0 Å². The first-order valence-electron chi connectivity index (χ1n) is 7.70. The lowest BCUT2D eigenvalue weighted by molar-refractivity contribution is -0.0732. The lowest BCUT2D eigenvalue weighted by Crippen LogP contribution is -2.38. The average Bonchev–Trinajstić information content (AvgIpc) is 2.89. The van der Waals surface area contributed by atoms with Gasteiger partial charge in [0.25, 0.3) is 0 Å². The molecule has 2 heterocycles. The van der Waals surface area contributed by atoms with Crippen LogP contribution in [-0.4, -0.2) is 76.6 Å². The van der Waals surface area contributed by atoms with Gasteiger partial charge in [0.2, 0.25) is 0 Å². The van der Waals surface area contributed by atoms with Crippen molar-refractivity contribution in [3.63, 3.8) is 0 Å². The van der Waals surface area contributed by atoms with Crippen LogP contribution in [0.15, 0.2) is 22.1 Å². The monoisotopic (exact) mass is 351 g/mol. The van der Waals surface area contributed by atoms with Gasteiger partial charge in [0.05, 0.1) is 32.0 Å². The van der Waals surface area contributed by atoms with Crippen molar-refractivity contribution in [1.29, 1.82) is 5.26 Å². The Balaban J connectivity index is 2.24. The second-order valence-corrected chi connectivity index (χ2v) is 5.67. The molecule has 0 aromatic carbocycles. The molecule has 0 aliphatic carbocycles. The number of hydrogen-bond donors (Lipinski definition) is 2. The Kier molecular flexibility index (Phi) is 6.60. The molecule has 0 bridgehead atoms. The van der Waals surface area contributed by atoms with E-state index in [1.54, 1.807) is 19.0 Å². The van der Waals surface area contributed by atoms with Crippen molar-refractivity contribution in [3.05, 3.63) is 22.7 Å². The molecule has 1 aliphatic heterocycles. The largest absolute Gasteiger partial charge is 0.394 e. The molecule has 0 radical (unpaired) electrons. The summed E-state index contributed by atoms with van der Waals surface area (Å²) in [7, 11) is 3.58. The number of hydrogen-bond acceptors (Lipinski definition) is 8. The summed E-state index contributed by atoms with van der Waals surface area (Å²) in [6.07, 6.45) is -0.806. The first-order valence-corrected chi connectivity index (χ1v) is 7.70. The Hall–Kier alpha value is -2.32. The van der Waals surface area contributed by atoms with E-state index in [4.69, 9.17) is 14.7 Å². The van der Waals surface area contributed by atoms with Crippen molar-refractivity contribution in [2.45, 2.75) is 31.0 Å². The summed E-state index contributed by atoms with van der Waals surface area (Å²) in [5, 5.41) is 28.1. The molecular formula is C15H21N5O5. The third-order valence-corrected chi connectivity index (χ3v) is 3.53. The highest BCUT2D eigenvalue weighted by Crippen LogP contribution is 2.31. The number of nitrogens with zero attached hydrogens (tertiary/aromatic N) is 5. The first kappa shape index (κ1) is 19.0. The molecule has 2 unspecified atom stereocenters. The Labute approximate surface area is 144 Å². The maximum Gasteiger partial charge on any atom is 0.351 e.